The Morgan fingerprint density at radius 1 is 1.13 bits per heavy atom. The smallest absolute Gasteiger partial charge is 0.327 e. The zero-order valence-corrected chi connectivity index (χ0v) is 22.7. The lowest BCUT2D eigenvalue weighted by Gasteiger charge is -2.38. The van der Waals surface area contributed by atoms with Crippen LogP contribution < -0.4 is 8.61 Å². The van der Waals surface area contributed by atoms with Crippen LogP contribution in [0.3, 0.4) is 0 Å². The van der Waals surface area contributed by atoms with Gasteiger partial charge < -0.3 is 5.11 Å². The molecular weight excluding hydrogens is 524 g/mol. The molecule has 11 heteroatoms. The first kappa shape index (κ1) is 26.1. The van der Waals surface area contributed by atoms with Crippen LogP contribution in [-0.2, 0) is 22.4 Å². The van der Waals surface area contributed by atoms with Gasteiger partial charge in [0.1, 0.15) is 0 Å². The predicted octanol–water partition coefficient (Wildman–Crippen LogP) is 4.09. The molecule has 1 aliphatic carbocycles. The largest absolute Gasteiger partial charge is 0.385 e. The number of fused-ring (bicyclic) bond motifs is 1. The van der Waals surface area contributed by atoms with E-state index in [9.17, 15) is 22.3 Å². The first-order valence-corrected chi connectivity index (χ1v) is 14.5. The van der Waals surface area contributed by atoms with Crippen LogP contribution >= 0.6 is 0 Å². The van der Waals surface area contributed by atoms with E-state index >= 15 is 0 Å². The standard InChI is InChI=1S/C28H31F2N5O3S/c1-19-5-6-20(17-34-12-9-27(36,10-13-34)21-4-3-11-31-16-21)14-23(19)24-7-8-25-26(32-24)33(2)39(37,38)35(25)18-22-15-28(22,29)30/h3-8,11,14,16,22,36H,9-10,12-13,15,17-18H2,1-2H3. The maximum Gasteiger partial charge on any atom is 0.327 e. The molecule has 206 valence electrons. The van der Waals surface area contributed by atoms with Crippen LogP contribution in [0.4, 0.5) is 20.3 Å². The van der Waals surface area contributed by atoms with Gasteiger partial charge in [-0.1, -0.05) is 18.2 Å². The van der Waals surface area contributed by atoms with Crippen LogP contribution in [-0.4, -0.2) is 61.0 Å². The van der Waals surface area contributed by atoms with E-state index < -0.39 is 27.7 Å². The number of aromatic nitrogens is 2. The van der Waals surface area contributed by atoms with Crippen molar-refractivity contribution in [1.82, 2.24) is 14.9 Å². The Kier molecular flexibility index (Phi) is 6.16. The summed E-state index contributed by atoms with van der Waals surface area (Å²) < 4.78 is 55.2. The van der Waals surface area contributed by atoms with E-state index in [1.165, 1.54) is 7.05 Å². The zero-order chi connectivity index (χ0) is 27.6. The van der Waals surface area contributed by atoms with Crippen molar-refractivity contribution in [2.45, 2.75) is 44.3 Å². The third-order valence-corrected chi connectivity index (χ3v) is 10.0. The van der Waals surface area contributed by atoms with Gasteiger partial charge in [0.15, 0.2) is 5.82 Å². The summed E-state index contributed by atoms with van der Waals surface area (Å²) in [6, 6.07) is 13.3. The van der Waals surface area contributed by atoms with Gasteiger partial charge in [0.05, 0.1) is 17.0 Å². The number of rotatable bonds is 6. The Labute approximate surface area is 227 Å². The van der Waals surface area contributed by atoms with Crippen LogP contribution in [0.2, 0.25) is 0 Å². The lowest BCUT2D eigenvalue weighted by atomic mass is 9.85. The number of hydrogen-bond acceptors (Lipinski definition) is 6. The highest BCUT2D eigenvalue weighted by Gasteiger charge is 2.59. The van der Waals surface area contributed by atoms with Crippen LogP contribution in [0.5, 0.6) is 0 Å². The summed E-state index contributed by atoms with van der Waals surface area (Å²) >= 11 is 0. The molecule has 6 rings (SSSR count). The monoisotopic (exact) mass is 555 g/mol. The second kappa shape index (κ2) is 9.21. The van der Waals surface area contributed by atoms with Gasteiger partial charge in [0.25, 0.3) is 5.92 Å². The van der Waals surface area contributed by atoms with E-state index in [1.54, 1.807) is 24.5 Å². The minimum absolute atomic E-state index is 0.243. The quantitative estimate of drug-likeness (QED) is 0.493. The number of aryl methyl sites for hydroxylation is 1. The number of pyridine rings is 2. The van der Waals surface area contributed by atoms with Crippen LogP contribution in [0.25, 0.3) is 11.3 Å². The SMILES string of the molecule is Cc1ccc(CN2CCC(O)(c3cccnc3)CC2)cc1-c1ccc2c(n1)N(C)S(=O)(=O)N2CC1CC1(F)F. The summed E-state index contributed by atoms with van der Waals surface area (Å²) in [6.45, 7) is 3.91. The molecule has 0 bridgehead atoms. The maximum atomic E-state index is 13.6. The highest BCUT2D eigenvalue weighted by Crippen LogP contribution is 2.51. The number of anilines is 2. The molecule has 39 heavy (non-hydrogen) atoms. The third kappa shape index (κ3) is 4.66. The first-order valence-electron chi connectivity index (χ1n) is 13.1. The maximum absolute atomic E-state index is 13.6. The average molecular weight is 556 g/mol. The van der Waals surface area contributed by atoms with Crippen LogP contribution in [0.1, 0.15) is 36.0 Å². The molecule has 1 atom stereocenters. The molecule has 8 nitrogen and oxygen atoms in total. The number of piperidine rings is 1. The van der Waals surface area contributed by atoms with E-state index in [2.05, 4.69) is 27.0 Å². The number of benzene rings is 1. The molecule has 1 N–H and O–H groups in total. The van der Waals surface area contributed by atoms with Gasteiger partial charge >= 0.3 is 10.2 Å². The number of nitrogens with zero attached hydrogens (tertiary/aromatic N) is 5. The highest BCUT2D eigenvalue weighted by atomic mass is 32.2. The topological polar surface area (TPSA) is 89.9 Å². The number of likely N-dealkylation sites (tertiary alicyclic amines) is 1. The Bertz CT molecular complexity index is 1510. The minimum Gasteiger partial charge on any atom is -0.385 e. The predicted molar refractivity (Wildman–Crippen MR) is 145 cm³/mol. The zero-order valence-electron chi connectivity index (χ0n) is 21.9. The molecule has 3 aliphatic rings. The molecule has 0 amide bonds. The fourth-order valence-electron chi connectivity index (χ4n) is 5.57. The lowest BCUT2D eigenvalue weighted by Crippen LogP contribution is -2.42. The number of aliphatic hydroxyl groups is 1. The molecule has 2 fully saturated rings. The molecule has 0 radical (unpaired) electrons. The van der Waals surface area contributed by atoms with E-state index in [0.29, 0.717) is 30.8 Å². The normalized spacial score (nSPS) is 23.1. The molecular formula is C28H31F2N5O3S. The molecule has 1 saturated carbocycles. The first-order chi connectivity index (χ1) is 18.5. The van der Waals surface area contributed by atoms with Gasteiger partial charge in [-0.2, -0.15) is 8.42 Å². The summed E-state index contributed by atoms with van der Waals surface area (Å²) in [6.07, 6.45) is 4.38. The molecule has 1 unspecified atom stereocenters. The van der Waals surface area contributed by atoms with Crippen molar-refractivity contribution >= 4 is 21.7 Å². The van der Waals surface area contributed by atoms with E-state index in [0.717, 1.165) is 44.0 Å². The minimum atomic E-state index is -3.96. The van der Waals surface area contributed by atoms with Gasteiger partial charge in [-0.15, -0.1) is 0 Å². The second-order valence-corrected chi connectivity index (χ2v) is 12.8. The van der Waals surface area contributed by atoms with E-state index in [1.807, 2.05) is 25.1 Å². The Balaban J connectivity index is 1.21. The number of halogens is 2. The van der Waals surface area contributed by atoms with Crippen LogP contribution in [0, 0.1) is 12.8 Å². The Morgan fingerprint density at radius 2 is 1.87 bits per heavy atom. The fourth-order valence-corrected chi connectivity index (χ4v) is 6.98. The number of hydrogen-bond donors (Lipinski definition) is 1. The molecule has 1 aromatic carbocycles. The molecule has 2 aliphatic heterocycles. The summed E-state index contributed by atoms with van der Waals surface area (Å²) in [5.74, 6) is -3.54. The average Bonchev–Trinajstić information content (AvgIpc) is 3.49. The van der Waals surface area contributed by atoms with Crippen molar-refractivity contribution in [2.24, 2.45) is 5.92 Å². The molecule has 1 saturated heterocycles. The molecule has 3 aromatic rings. The Morgan fingerprint density at radius 3 is 2.54 bits per heavy atom. The fraction of sp³-hybridized carbons (Fsp3) is 0.429. The summed E-state index contributed by atoms with van der Waals surface area (Å²) in [5.41, 5.74) is 3.90. The summed E-state index contributed by atoms with van der Waals surface area (Å²) in [4.78, 5) is 11.1. The molecule has 4 heterocycles. The van der Waals surface area contributed by atoms with Gasteiger partial charge in [-0.05, 0) is 55.2 Å². The molecule has 2 aromatic heterocycles. The molecule has 0 spiro atoms. The summed E-state index contributed by atoms with van der Waals surface area (Å²) in [7, 11) is -2.55. The van der Waals surface area contributed by atoms with Crippen molar-refractivity contribution in [3.63, 3.8) is 0 Å². The van der Waals surface area contributed by atoms with E-state index in [4.69, 9.17) is 0 Å². The van der Waals surface area contributed by atoms with Crippen LogP contribution in [0.15, 0.2) is 54.9 Å². The van der Waals surface area contributed by atoms with Gasteiger partial charge in [-0.3, -0.25) is 9.88 Å². The lowest BCUT2D eigenvalue weighted by molar-refractivity contribution is -0.0279. The third-order valence-electron chi connectivity index (χ3n) is 8.25. The van der Waals surface area contributed by atoms with Crippen molar-refractivity contribution in [3.05, 3.63) is 71.5 Å². The van der Waals surface area contributed by atoms with Gasteiger partial charge in [0.2, 0.25) is 0 Å². The highest BCUT2D eigenvalue weighted by molar-refractivity contribution is 7.94. The van der Waals surface area contributed by atoms with Gasteiger partial charge in [-0.25, -0.2) is 22.4 Å². The van der Waals surface area contributed by atoms with Gasteiger partial charge in [0, 0.05) is 69.1 Å². The van der Waals surface area contributed by atoms with Crippen molar-refractivity contribution in [1.29, 1.82) is 0 Å². The Hall–Kier alpha value is -3.15. The number of alkyl halides is 2. The summed E-state index contributed by atoms with van der Waals surface area (Å²) in [5, 5.41) is 11.1. The van der Waals surface area contributed by atoms with Crippen molar-refractivity contribution < 1.29 is 22.3 Å². The second-order valence-electron chi connectivity index (χ2n) is 10.9. The van der Waals surface area contributed by atoms with Crippen molar-refractivity contribution in [2.75, 3.05) is 35.3 Å². The van der Waals surface area contributed by atoms with E-state index in [-0.39, 0.29) is 18.8 Å². The van der Waals surface area contributed by atoms with Crippen molar-refractivity contribution in [3.8, 4) is 11.3 Å².